The summed E-state index contributed by atoms with van der Waals surface area (Å²) in [6.45, 7) is 1.79. The Balaban J connectivity index is 2.03. The normalized spacial score (nSPS) is 16.5. The average molecular weight is 339 g/mol. The van der Waals surface area contributed by atoms with Crippen LogP contribution in [-0.2, 0) is 9.59 Å². The molecule has 1 aliphatic rings. The van der Waals surface area contributed by atoms with Gasteiger partial charge in [0.05, 0.1) is 5.69 Å². The van der Waals surface area contributed by atoms with Gasteiger partial charge in [-0.15, -0.1) is 0 Å². The van der Waals surface area contributed by atoms with Crippen LogP contribution in [0.4, 0.5) is 5.69 Å². The van der Waals surface area contributed by atoms with E-state index in [1.807, 2.05) is 0 Å². The van der Waals surface area contributed by atoms with Crippen molar-refractivity contribution < 1.29 is 14.7 Å². The number of carbonyl (C=O) groups excluding carboxylic acids is 2. The van der Waals surface area contributed by atoms with E-state index in [2.05, 4.69) is 10.3 Å². The molecular formula is C17H13N3O3S. The lowest BCUT2D eigenvalue weighted by molar-refractivity contribution is -0.122. The summed E-state index contributed by atoms with van der Waals surface area (Å²) in [5.41, 5.74) is 1.80. The number of aryl methyl sites for hydroxylation is 1. The zero-order valence-electron chi connectivity index (χ0n) is 12.7. The summed E-state index contributed by atoms with van der Waals surface area (Å²) >= 11 is 5.11. The van der Waals surface area contributed by atoms with E-state index in [0.717, 1.165) is 0 Å². The lowest BCUT2D eigenvalue weighted by atomic mass is 10.1. The lowest BCUT2D eigenvalue weighted by Crippen LogP contribution is -2.54. The number of amides is 2. The number of rotatable bonds is 2. The van der Waals surface area contributed by atoms with Crippen LogP contribution in [0.2, 0.25) is 0 Å². The fourth-order valence-electron chi connectivity index (χ4n) is 2.30. The van der Waals surface area contributed by atoms with E-state index in [1.165, 1.54) is 23.1 Å². The van der Waals surface area contributed by atoms with Crippen molar-refractivity contribution in [2.75, 3.05) is 4.90 Å². The van der Waals surface area contributed by atoms with Crippen molar-refractivity contribution in [3.63, 3.8) is 0 Å². The van der Waals surface area contributed by atoms with E-state index in [1.54, 1.807) is 37.4 Å². The highest BCUT2D eigenvalue weighted by molar-refractivity contribution is 7.80. The van der Waals surface area contributed by atoms with Crippen LogP contribution in [0.5, 0.6) is 5.75 Å². The number of hydrogen-bond acceptors (Lipinski definition) is 5. The Labute approximate surface area is 143 Å². The van der Waals surface area contributed by atoms with Crippen molar-refractivity contribution >= 4 is 40.9 Å². The Kier molecular flexibility index (Phi) is 4.09. The van der Waals surface area contributed by atoms with Crippen LogP contribution in [-0.4, -0.2) is 27.0 Å². The summed E-state index contributed by atoms with van der Waals surface area (Å²) in [6.07, 6.45) is 3.13. The molecule has 1 aliphatic heterocycles. The number of pyridine rings is 1. The Bertz CT molecular complexity index is 875. The molecule has 3 rings (SSSR count). The van der Waals surface area contributed by atoms with Gasteiger partial charge in [-0.3, -0.25) is 24.8 Å². The largest absolute Gasteiger partial charge is 0.508 e. The van der Waals surface area contributed by atoms with Gasteiger partial charge in [0, 0.05) is 11.9 Å². The van der Waals surface area contributed by atoms with Gasteiger partial charge in [0.25, 0.3) is 11.8 Å². The molecule has 2 amide bonds. The Morgan fingerprint density at radius 2 is 1.92 bits per heavy atom. The van der Waals surface area contributed by atoms with Crippen LogP contribution in [0.25, 0.3) is 6.08 Å². The summed E-state index contributed by atoms with van der Waals surface area (Å²) in [5, 5.41) is 11.9. The molecule has 2 heterocycles. The summed E-state index contributed by atoms with van der Waals surface area (Å²) in [7, 11) is 0. The van der Waals surface area contributed by atoms with Gasteiger partial charge in [-0.05, 0) is 61.1 Å². The van der Waals surface area contributed by atoms with E-state index in [0.29, 0.717) is 16.9 Å². The Morgan fingerprint density at radius 1 is 1.21 bits per heavy atom. The minimum absolute atomic E-state index is 0.00394. The molecule has 0 spiro atoms. The molecule has 7 heteroatoms. The second-order valence-electron chi connectivity index (χ2n) is 5.15. The molecule has 0 saturated carbocycles. The van der Waals surface area contributed by atoms with Gasteiger partial charge in [0.2, 0.25) is 0 Å². The summed E-state index contributed by atoms with van der Waals surface area (Å²) in [4.78, 5) is 30.3. The Morgan fingerprint density at radius 3 is 2.58 bits per heavy atom. The van der Waals surface area contributed by atoms with Gasteiger partial charge in [-0.2, -0.15) is 0 Å². The van der Waals surface area contributed by atoms with E-state index in [9.17, 15) is 14.7 Å². The second-order valence-corrected chi connectivity index (χ2v) is 5.54. The highest BCUT2D eigenvalue weighted by Gasteiger charge is 2.34. The minimum atomic E-state index is -0.553. The fraction of sp³-hybridized carbons (Fsp3) is 0.0588. The molecule has 0 atom stereocenters. The van der Waals surface area contributed by atoms with E-state index in [-0.39, 0.29) is 16.4 Å². The molecule has 0 aliphatic carbocycles. The molecule has 1 aromatic heterocycles. The molecule has 24 heavy (non-hydrogen) atoms. The Hall–Kier alpha value is -3.06. The summed E-state index contributed by atoms with van der Waals surface area (Å²) in [6, 6.07) is 9.47. The number of aromatic hydroxyl groups is 1. The molecule has 2 N–H and O–H groups in total. The molecule has 0 bridgehead atoms. The van der Waals surface area contributed by atoms with Crippen molar-refractivity contribution in [2.24, 2.45) is 0 Å². The first-order valence-corrected chi connectivity index (χ1v) is 7.50. The molecule has 1 saturated heterocycles. The van der Waals surface area contributed by atoms with Crippen LogP contribution in [0.1, 0.15) is 11.3 Å². The van der Waals surface area contributed by atoms with Crippen LogP contribution < -0.4 is 10.2 Å². The number of carbonyl (C=O) groups is 2. The topological polar surface area (TPSA) is 82.5 Å². The minimum Gasteiger partial charge on any atom is -0.508 e. The van der Waals surface area contributed by atoms with Crippen molar-refractivity contribution in [3.05, 3.63) is 59.4 Å². The molecule has 2 aromatic rings. The quantitative estimate of drug-likeness (QED) is 0.496. The molecule has 6 nitrogen and oxygen atoms in total. The average Bonchev–Trinajstić information content (AvgIpc) is 2.54. The van der Waals surface area contributed by atoms with Gasteiger partial charge in [0.1, 0.15) is 11.3 Å². The number of phenols is 1. The summed E-state index contributed by atoms with van der Waals surface area (Å²) in [5.74, 6) is -1.01. The predicted octanol–water partition coefficient (Wildman–Crippen LogP) is 1.93. The number of nitrogens with zero attached hydrogens (tertiary/aromatic N) is 2. The molecule has 120 valence electrons. The van der Waals surface area contributed by atoms with Crippen molar-refractivity contribution in [2.45, 2.75) is 6.92 Å². The molecule has 0 radical (unpaired) electrons. The number of benzene rings is 1. The number of anilines is 1. The van der Waals surface area contributed by atoms with Crippen LogP contribution >= 0.6 is 12.2 Å². The zero-order chi connectivity index (χ0) is 17.3. The third kappa shape index (κ3) is 2.89. The van der Waals surface area contributed by atoms with Crippen molar-refractivity contribution in [1.82, 2.24) is 10.3 Å². The molecular weight excluding hydrogens is 326 g/mol. The first-order chi connectivity index (χ1) is 11.5. The maximum absolute atomic E-state index is 12.8. The first kappa shape index (κ1) is 15.8. The van der Waals surface area contributed by atoms with Gasteiger partial charge in [-0.25, -0.2) is 0 Å². The fourth-order valence-corrected chi connectivity index (χ4v) is 2.58. The van der Waals surface area contributed by atoms with Crippen molar-refractivity contribution in [3.8, 4) is 5.75 Å². The molecule has 0 unspecified atom stereocenters. The van der Waals surface area contributed by atoms with Crippen LogP contribution in [0.15, 0.2) is 48.2 Å². The number of nitrogens with one attached hydrogen (secondary N) is 1. The van der Waals surface area contributed by atoms with Crippen LogP contribution in [0, 0.1) is 6.92 Å². The van der Waals surface area contributed by atoms with E-state index >= 15 is 0 Å². The van der Waals surface area contributed by atoms with Gasteiger partial charge < -0.3 is 5.11 Å². The smallest absolute Gasteiger partial charge is 0.270 e. The van der Waals surface area contributed by atoms with Crippen LogP contribution in [0.3, 0.4) is 0 Å². The molecule has 1 aromatic carbocycles. The number of hydrogen-bond donors (Lipinski definition) is 2. The van der Waals surface area contributed by atoms with E-state index < -0.39 is 11.8 Å². The first-order valence-electron chi connectivity index (χ1n) is 7.09. The highest BCUT2D eigenvalue weighted by atomic mass is 32.1. The predicted molar refractivity (Wildman–Crippen MR) is 93.3 cm³/mol. The lowest BCUT2D eigenvalue weighted by Gasteiger charge is -2.29. The number of thiocarbonyl (C=S) groups is 1. The monoisotopic (exact) mass is 339 g/mol. The third-order valence-electron chi connectivity index (χ3n) is 3.56. The number of aromatic nitrogens is 1. The SMILES string of the molecule is Cc1ncccc1/C=C1\C(=O)NC(=S)N(c2ccc(O)cc2)C1=O. The van der Waals surface area contributed by atoms with Gasteiger partial charge in [-0.1, -0.05) is 6.07 Å². The third-order valence-corrected chi connectivity index (χ3v) is 3.84. The van der Waals surface area contributed by atoms with Gasteiger partial charge in [0.15, 0.2) is 5.11 Å². The highest BCUT2D eigenvalue weighted by Crippen LogP contribution is 2.24. The maximum Gasteiger partial charge on any atom is 0.270 e. The zero-order valence-corrected chi connectivity index (χ0v) is 13.5. The second kappa shape index (κ2) is 6.21. The standard InChI is InChI=1S/C17H13N3O3S/c1-10-11(3-2-8-18-10)9-14-15(22)19-17(24)20(16(14)23)12-4-6-13(21)7-5-12/h2-9,21H,1H3,(H,19,22,24)/b14-9+. The van der Waals surface area contributed by atoms with E-state index in [4.69, 9.17) is 12.2 Å². The van der Waals surface area contributed by atoms with Gasteiger partial charge >= 0.3 is 0 Å². The number of phenolic OH excluding ortho intramolecular Hbond substituents is 1. The maximum atomic E-state index is 12.8. The molecule has 1 fully saturated rings. The summed E-state index contributed by atoms with van der Waals surface area (Å²) < 4.78 is 0. The van der Waals surface area contributed by atoms with Crippen molar-refractivity contribution in [1.29, 1.82) is 0 Å².